The Morgan fingerprint density at radius 2 is 2.22 bits per heavy atom. The molecule has 1 aliphatic heterocycles. The van der Waals surface area contributed by atoms with Gasteiger partial charge in [0.25, 0.3) is 5.91 Å². The highest BCUT2D eigenvalue weighted by atomic mass is 32.1. The second-order valence-electron chi connectivity index (χ2n) is 5.72. The van der Waals surface area contributed by atoms with E-state index < -0.39 is 0 Å². The molecule has 0 spiro atoms. The molecular weight excluding hydrogens is 308 g/mol. The van der Waals surface area contributed by atoms with Crippen LogP contribution in [0.5, 0.6) is 5.88 Å². The van der Waals surface area contributed by atoms with Gasteiger partial charge in [-0.1, -0.05) is 24.3 Å². The van der Waals surface area contributed by atoms with Crippen LogP contribution < -0.4 is 4.74 Å². The van der Waals surface area contributed by atoms with Crippen molar-refractivity contribution in [2.75, 3.05) is 6.61 Å². The zero-order chi connectivity index (χ0) is 15.8. The largest absolute Gasteiger partial charge is 0.467 e. The minimum absolute atomic E-state index is 0.00261. The maximum atomic E-state index is 12.3. The van der Waals surface area contributed by atoms with Crippen LogP contribution in [0.25, 0.3) is 10.9 Å². The molecule has 3 aromatic rings. The number of aryl methyl sites for hydroxylation is 1. The molecule has 0 aliphatic carbocycles. The number of amides is 1. The van der Waals surface area contributed by atoms with Crippen LogP contribution in [0.3, 0.4) is 0 Å². The van der Waals surface area contributed by atoms with Gasteiger partial charge in [-0.2, -0.15) is 0 Å². The molecule has 0 saturated carbocycles. The van der Waals surface area contributed by atoms with Crippen molar-refractivity contribution >= 4 is 28.1 Å². The van der Waals surface area contributed by atoms with E-state index in [2.05, 4.69) is 11.1 Å². The number of benzene rings is 1. The Hall–Kier alpha value is -2.40. The highest BCUT2D eigenvalue weighted by Crippen LogP contribution is 2.28. The molecule has 4 nitrogen and oxygen atoms in total. The lowest BCUT2D eigenvalue weighted by Gasteiger charge is -2.19. The van der Waals surface area contributed by atoms with Crippen LogP contribution in [0.1, 0.15) is 16.0 Å². The fourth-order valence-electron chi connectivity index (χ4n) is 2.86. The molecule has 1 amide bonds. The van der Waals surface area contributed by atoms with Crippen molar-refractivity contribution < 1.29 is 9.53 Å². The highest BCUT2D eigenvalue weighted by Gasteiger charge is 2.23. The van der Waals surface area contributed by atoms with Gasteiger partial charge in [0.1, 0.15) is 0 Å². The molecule has 3 heterocycles. The predicted octanol–water partition coefficient (Wildman–Crippen LogP) is 3.53. The van der Waals surface area contributed by atoms with E-state index in [1.807, 2.05) is 47.5 Å². The number of carbonyl (C=O) groups excluding carboxylic acids is 1. The van der Waals surface area contributed by atoms with Crippen LogP contribution in [0.4, 0.5) is 0 Å². The van der Waals surface area contributed by atoms with E-state index in [1.165, 1.54) is 4.88 Å². The van der Waals surface area contributed by atoms with E-state index in [0.717, 1.165) is 22.0 Å². The SMILES string of the molecule is Cc1cccc2cc3c(nc12)OCC(=O)N(Cc1cccs1)C3. The second kappa shape index (κ2) is 5.66. The van der Waals surface area contributed by atoms with Crippen molar-refractivity contribution in [1.29, 1.82) is 0 Å². The Bertz CT molecular complexity index is 874. The zero-order valence-electron chi connectivity index (χ0n) is 12.8. The molecule has 4 rings (SSSR count). The van der Waals surface area contributed by atoms with Crippen molar-refractivity contribution in [2.24, 2.45) is 0 Å². The Morgan fingerprint density at radius 1 is 1.30 bits per heavy atom. The van der Waals surface area contributed by atoms with Crippen LogP contribution >= 0.6 is 11.3 Å². The molecule has 23 heavy (non-hydrogen) atoms. The number of hydrogen-bond donors (Lipinski definition) is 0. The third-order valence-electron chi connectivity index (χ3n) is 4.06. The van der Waals surface area contributed by atoms with Crippen LogP contribution in [-0.4, -0.2) is 22.4 Å². The number of ether oxygens (including phenoxy) is 1. The van der Waals surface area contributed by atoms with Crippen molar-refractivity contribution in [1.82, 2.24) is 9.88 Å². The summed E-state index contributed by atoms with van der Waals surface area (Å²) in [5.41, 5.74) is 3.01. The summed E-state index contributed by atoms with van der Waals surface area (Å²) in [6.07, 6.45) is 0. The molecule has 5 heteroatoms. The first-order chi connectivity index (χ1) is 11.2. The Kier molecular flexibility index (Phi) is 3.50. The van der Waals surface area contributed by atoms with Crippen LogP contribution in [0, 0.1) is 6.92 Å². The van der Waals surface area contributed by atoms with Gasteiger partial charge in [0.2, 0.25) is 5.88 Å². The summed E-state index contributed by atoms with van der Waals surface area (Å²) in [7, 11) is 0. The molecule has 2 aromatic heterocycles. The van der Waals surface area contributed by atoms with E-state index in [-0.39, 0.29) is 12.5 Å². The van der Waals surface area contributed by atoms with Gasteiger partial charge in [-0.25, -0.2) is 4.98 Å². The predicted molar refractivity (Wildman–Crippen MR) is 90.5 cm³/mol. The van der Waals surface area contributed by atoms with E-state index in [1.54, 1.807) is 11.3 Å². The molecule has 116 valence electrons. The van der Waals surface area contributed by atoms with Gasteiger partial charge in [0.15, 0.2) is 6.61 Å². The summed E-state index contributed by atoms with van der Waals surface area (Å²) < 4.78 is 5.67. The summed E-state index contributed by atoms with van der Waals surface area (Å²) in [4.78, 5) is 20.0. The van der Waals surface area contributed by atoms with E-state index >= 15 is 0 Å². The molecule has 0 saturated heterocycles. The monoisotopic (exact) mass is 324 g/mol. The first-order valence-corrected chi connectivity index (χ1v) is 8.41. The van der Waals surface area contributed by atoms with Crippen molar-refractivity contribution in [2.45, 2.75) is 20.0 Å². The smallest absolute Gasteiger partial charge is 0.261 e. The number of hydrogen-bond acceptors (Lipinski definition) is 4. The van der Waals surface area contributed by atoms with Gasteiger partial charge in [0.05, 0.1) is 18.6 Å². The first kappa shape index (κ1) is 14.2. The number of aromatic nitrogens is 1. The molecule has 0 bridgehead atoms. The fourth-order valence-corrected chi connectivity index (χ4v) is 3.58. The number of nitrogens with zero attached hydrogens (tertiary/aromatic N) is 2. The lowest BCUT2D eigenvalue weighted by molar-refractivity contribution is -0.133. The average molecular weight is 324 g/mol. The minimum Gasteiger partial charge on any atom is -0.467 e. The second-order valence-corrected chi connectivity index (χ2v) is 6.75. The topological polar surface area (TPSA) is 42.4 Å². The molecule has 1 aliphatic rings. The summed E-state index contributed by atoms with van der Waals surface area (Å²) >= 11 is 1.66. The molecule has 0 N–H and O–H groups in total. The normalized spacial score (nSPS) is 14.5. The molecule has 0 atom stereocenters. The molecule has 0 fully saturated rings. The number of carbonyl (C=O) groups is 1. The van der Waals surface area contributed by atoms with E-state index in [9.17, 15) is 4.79 Å². The summed E-state index contributed by atoms with van der Waals surface area (Å²) in [6.45, 7) is 3.23. The zero-order valence-corrected chi connectivity index (χ0v) is 13.6. The van der Waals surface area contributed by atoms with Gasteiger partial charge in [0, 0.05) is 15.8 Å². The number of fused-ring (bicyclic) bond motifs is 2. The Labute approximate surface area is 138 Å². The maximum Gasteiger partial charge on any atom is 0.261 e. The summed E-state index contributed by atoms with van der Waals surface area (Å²) in [6, 6.07) is 12.2. The van der Waals surface area contributed by atoms with Crippen LogP contribution in [0.2, 0.25) is 0 Å². The van der Waals surface area contributed by atoms with Crippen molar-refractivity contribution in [3.05, 3.63) is 57.8 Å². The summed E-state index contributed by atoms with van der Waals surface area (Å²) in [5.74, 6) is 0.575. The number of para-hydroxylation sites is 1. The average Bonchev–Trinajstić information content (AvgIpc) is 3.00. The number of rotatable bonds is 2. The van der Waals surface area contributed by atoms with Gasteiger partial charge in [-0.05, 0) is 30.0 Å². The van der Waals surface area contributed by atoms with Crippen LogP contribution in [-0.2, 0) is 17.9 Å². The number of thiophene rings is 1. The maximum absolute atomic E-state index is 12.3. The number of pyridine rings is 1. The minimum atomic E-state index is -0.00261. The third kappa shape index (κ3) is 2.68. The van der Waals surface area contributed by atoms with Gasteiger partial charge in [-0.3, -0.25) is 4.79 Å². The first-order valence-electron chi connectivity index (χ1n) is 7.53. The fraction of sp³-hybridized carbons (Fsp3) is 0.222. The van der Waals surface area contributed by atoms with Crippen molar-refractivity contribution in [3.63, 3.8) is 0 Å². The Morgan fingerprint density at radius 3 is 3.04 bits per heavy atom. The van der Waals surface area contributed by atoms with Gasteiger partial charge in [-0.15, -0.1) is 11.3 Å². The Balaban J connectivity index is 1.73. The quantitative estimate of drug-likeness (QED) is 0.724. The van der Waals surface area contributed by atoms with Crippen LogP contribution in [0.15, 0.2) is 41.8 Å². The van der Waals surface area contributed by atoms with E-state index in [4.69, 9.17) is 4.74 Å². The van der Waals surface area contributed by atoms with Crippen molar-refractivity contribution in [3.8, 4) is 5.88 Å². The molecule has 1 aromatic carbocycles. The lowest BCUT2D eigenvalue weighted by atomic mass is 10.1. The van der Waals surface area contributed by atoms with Gasteiger partial charge < -0.3 is 9.64 Å². The summed E-state index contributed by atoms with van der Waals surface area (Å²) in [5, 5.41) is 3.11. The van der Waals surface area contributed by atoms with Gasteiger partial charge >= 0.3 is 0 Å². The molecule has 0 unspecified atom stereocenters. The standard InChI is InChI=1S/C18H16N2O2S/c1-12-4-2-5-13-8-14-9-20(10-15-6-3-7-23-15)16(21)11-22-18(14)19-17(12)13/h2-8H,9-11H2,1H3. The van der Waals surface area contributed by atoms with E-state index in [0.29, 0.717) is 19.0 Å². The molecular formula is C18H16N2O2S. The third-order valence-corrected chi connectivity index (χ3v) is 4.92. The molecule has 0 radical (unpaired) electrons. The lowest BCUT2D eigenvalue weighted by Crippen LogP contribution is -2.31. The highest BCUT2D eigenvalue weighted by molar-refractivity contribution is 7.09.